The molecule has 0 fully saturated rings. The number of hydrogen-bond acceptors (Lipinski definition) is 5. The molecule has 0 bridgehead atoms. The first-order chi connectivity index (χ1) is 6.06. The van der Waals surface area contributed by atoms with E-state index in [1.165, 1.54) is 14.1 Å². The zero-order valence-electron chi connectivity index (χ0n) is 7.91. The van der Waals surface area contributed by atoms with Crippen molar-refractivity contribution in [2.45, 2.75) is 0 Å². The highest BCUT2D eigenvalue weighted by atomic mass is 16.9. The Morgan fingerprint density at radius 3 is 1.77 bits per heavy atom. The summed E-state index contributed by atoms with van der Waals surface area (Å²) in [5.74, 6) is -0.118. The molecule has 0 spiro atoms. The van der Waals surface area contributed by atoms with Crippen LogP contribution in [0.25, 0.3) is 0 Å². The lowest BCUT2D eigenvalue weighted by Crippen LogP contribution is -3.03. The van der Waals surface area contributed by atoms with Crippen LogP contribution in [0.3, 0.4) is 0 Å². The summed E-state index contributed by atoms with van der Waals surface area (Å²) in [6, 6.07) is 0. The first kappa shape index (κ1) is 12.7. The average molecular weight is 195 g/mol. The number of nitrogens with two attached hydrogens (primary N) is 1. The molecule has 0 aromatic rings. The molecule has 13 heavy (non-hydrogen) atoms. The minimum absolute atomic E-state index is 0.118. The van der Waals surface area contributed by atoms with E-state index in [9.17, 15) is 10.4 Å². The van der Waals surface area contributed by atoms with E-state index >= 15 is 0 Å². The quantitative estimate of drug-likeness (QED) is 0.365. The molecule has 0 heterocycles. The molecule has 2 atom stereocenters. The van der Waals surface area contributed by atoms with Crippen LogP contribution >= 0.6 is 0 Å². The molecule has 7 nitrogen and oxygen atoms in total. The predicted octanol–water partition coefficient (Wildman–Crippen LogP) is -3.55. The lowest BCUT2D eigenvalue weighted by molar-refractivity contribution is -1.04. The molecular weight excluding hydrogens is 178 g/mol. The Labute approximate surface area is 77.1 Å². The predicted molar refractivity (Wildman–Crippen MR) is 45.0 cm³/mol. The van der Waals surface area contributed by atoms with Gasteiger partial charge in [0, 0.05) is 12.5 Å². The van der Waals surface area contributed by atoms with Crippen molar-refractivity contribution in [3.63, 3.8) is 0 Å². The highest BCUT2D eigenvalue weighted by Gasteiger charge is 2.10. The molecule has 0 aliphatic carbocycles. The van der Waals surface area contributed by atoms with Crippen LogP contribution in [-0.2, 0) is 9.68 Å². The summed E-state index contributed by atoms with van der Waals surface area (Å²) >= 11 is 0. The minimum Gasteiger partial charge on any atom is -0.600 e. The number of nitrogens with one attached hydrogen (secondary N) is 2. The van der Waals surface area contributed by atoms with Crippen molar-refractivity contribution < 1.29 is 20.1 Å². The fourth-order valence-electron chi connectivity index (χ4n) is 0.655. The van der Waals surface area contributed by atoms with E-state index in [0.29, 0.717) is 6.54 Å². The van der Waals surface area contributed by atoms with Gasteiger partial charge < -0.3 is 16.1 Å². The molecule has 0 aromatic heterocycles. The van der Waals surface area contributed by atoms with Crippen LogP contribution in [0.15, 0.2) is 0 Å². The van der Waals surface area contributed by atoms with E-state index in [2.05, 4.69) is 0 Å². The molecule has 2 unspecified atom stereocenters. The fraction of sp³-hybridized carbons (Fsp3) is 1.00. The summed E-state index contributed by atoms with van der Waals surface area (Å²) in [6.07, 6.45) is 0. The molecule has 0 saturated heterocycles. The summed E-state index contributed by atoms with van der Waals surface area (Å²) in [4.78, 5) is 9.43. The highest BCUT2D eigenvalue weighted by Crippen LogP contribution is 1.91. The molecule has 0 amide bonds. The van der Waals surface area contributed by atoms with Gasteiger partial charge in [0.2, 0.25) is 0 Å². The van der Waals surface area contributed by atoms with Crippen molar-refractivity contribution in [1.82, 2.24) is 0 Å². The second kappa shape index (κ2) is 7.15. The van der Waals surface area contributed by atoms with Gasteiger partial charge >= 0.3 is 0 Å². The van der Waals surface area contributed by atoms with Crippen LogP contribution in [0.1, 0.15) is 0 Å². The number of hydrogen-bond donors (Lipinski definition) is 3. The Balaban J connectivity index is 3.51. The molecule has 0 aliphatic rings. The Morgan fingerprint density at radius 1 is 1.15 bits per heavy atom. The second-order valence-electron chi connectivity index (χ2n) is 2.71. The van der Waals surface area contributed by atoms with Gasteiger partial charge in [-0.1, -0.05) is 0 Å². The van der Waals surface area contributed by atoms with Crippen molar-refractivity contribution in [2.75, 3.05) is 33.9 Å². The first-order valence-corrected chi connectivity index (χ1v) is 4.03. The molecule has 7 heteroatoms. The van der Waals surface area contributed by atoms with E-state index in [4.69, 9.17) is 15.4 Å². The van der Waals surface area contributed by atoms with Gasteiger partial charge in [-0.15, -0.1) is 0 Å². The van der Waals surface area contributed by atoms with E-state index in [1.54, 1.807) is 0 Å². The van der Waals surface area contributed by atoms with Gasteiger partial charge in [0.05, 0.1) is 14.1 Å². The lowest BCUT2D eigenvalue weighted by atomic mass is 10.2. The van der Waals surface area contributed by atoms with Crippen molar-refractivity contribution in [3.8, 4) is 0 Å². The Bertz CT molecular complexity index is 110. The van der Waals surface area contributed by atoms with Gasteiger partial charge in [0.1, 0.15) is 13.2 Å². The zero-order chi connectivity index (χ0) is 10.3. The van der Waals surface area contributed by atoms with Crippen molar-refractivity contribution in [3.05, 3.63) is 10.4 Å². The molecule has 0 rings (SSSR count). The number of quaternary nitrogens is 2. The van der Waals surface area contributed by atoms with Gasteiger partial charge in [-0.05, 0) is 0 Å². The summed E-state index contributed by atoms with van der Waals surface area (Å²) in [6.45, 7) is 0.707. The number of rotatable bonds is 7. The van der Waals surface area contributed by atoms with Crippen molar-refractivity contribution >= 4 is 0 Å². The highest BCUT2D eigenvalue weighted by molar-refractivity contribution is 4.54. The van der Waals surface area contributed by atoms with Gasteiger partial charge in [-0.2, -0.15) is 0 Å². The Hall–Kier alpha value is -0.280. The normalized spacial score (nSPS) is 18.2. The third kappa shape index (κ3) is 8.06. The van der Waals surface area contributed by atoms with Crippen LogP contribution in [0, 0.1) is 16.3 Å². The molecule has 0 radical (unpaired) electrons. The van der Waals surface area contributed by atoms with Crippen LogP contribution in [0.5, 0.6) is 0 Å². The Morgan fingerprint density at radius 2 is 1.54 bits per heavy atom. The summed E-state index contributed by atoms with van der Waals surface area (Å²) in [5, 5.41) is 20.1. The van der Waals surface area contributed by atoms with Gasteiger partial charge in [0.15, 0.2) is 0 Å². The summed E-state index contributed by atoms with van der Waals surface area (Å²) in [7, 11) is 2.64. The third-order valence-electron chi connectivity index (χ3n) is 1.38. The van der Waals surface area contributed by atoms with Gasteiger partial charge in [0.25, 0.3) is 0 Å². The lowest BCUT2D eigenvalue weighted by Gasteiger charge is -2.20. The van der Waals surface area contributed by atoms with Gasteiger partial charge in [-0.3, -0.25) is 0 Å². The smallest absolute Gasteiger partial charge is 0.113 e. The van der Waals surface area contributed by atoms with E-state index in [0.717, 1.165) is 0 Å². The summed E-state index contributed by atoms with van der Waals surface area (Å²) < 4.78 is 0. The zero-order valence-corrected chi connectivity index (χ0v) is 7.91. The second-order valence-corrected chi connectivity index (χ2v) is 2.71. The maximum absolute atomic E-state index is 10.4. The van der Waals surface area contributed by atoms with E-state index < -0.39 is 0 Å². The molecule has 0 saturated carbocycles. The van der Waals surface area contributed by atoms with E-state index in [-0.39, 0.29) is 29.6 Å². The third-order valence-corrected chi connectivity index (χ3v) is 1.38. The maximum Gasteiger partial charge on any atom is 0.113 e. The van der Waals surface area contributed by atoms with Crippen LogP contribution in [0.4, 0.5) is 0 Å². The topological polar surface area (TPSA) is 99.5 Å². The SMILES string of the molecule is C[NH+]([O-])OCC(CN)CO[NH+](C)[O-]. The first-order valence-electron chi connectivity index (χ1n) is 4.03. The molecule has 0 aromatic carbocycles. The average Bonchev–Trinajstić information content (AvgIpc) is 2.04. The van der Waals surface area contributed by atoms with Crippen LogP contribution in [0.2, 0.25) is 0 Å². The van der Waals surface area contributed by atoms with Crippen LogP contribution < -0.4 is 16.2 Å². The fourth-order valence-corrected chi connectivity index (χ4v) is 0.655. The number of hydroxylamine groups is 4. The molecule has 4 N–H and O–H groups in total. The maximum atomic E-state index is 10.4. The molecule has 80 valence electrons. The monoisotopic (exact) mass is 195 g/mol. The van der Waals surface area contributed by atoms with Crippen molar-refractivity contribution in [2.24, 2.45) is 11.7 Å². The van der Waals surface area contributed by atoms with Crippen LogP contribution in [-0.4, -0.2) is 33.9 Å². The standard InChI is InChI=1S/C6H17N3O4/c1-8(10)12-4-6(3-7)5-13-9(2)11/h6,8-9H,3-5,7H2,1-2H3. The molecular formula is C6H17N3O4. The minimum atomic E-state index is -0.360. The van der Waals surface area contributed by atoms with E-state index in [1.807, 2.05) is 0 Å². The largest absolute Gasteiger partial charge is 0.600 e. The van der Waals surface area contributed by atoms with Gasteiger partial charge in [-0.25, -0.2) is 20.1 Å². The van der Waals surface area contributed by atoms with Crippen molar-refractivity contribution in [1.29, 1.82) is 0 Å². The Kier molecular flexibility index (Phi) is 7.00. The summed E-state index contributed by atoms with van der Waals surface area (Å²) in [5.41, 5.74) is 5.36. The molecule has 0 aliphatic heterocycles.